The van der Waals surface area contributed by atoms with Gasteiger partial charge in [0.1, 0.15) is 0 Å². The summed E-state index contributed by atoms with van der Waals surface area (Å²) in [7, 11) is 4.07. The van der Waals surface area contributed by atoms with Crippen molar-refractivity contribution in [2.75, 3.05) is 30.9 Å². The second-order valence-electron chi connectivity index (χ2n) is 3.68. The Morgan fingerprint density at radius 3 is 2.47 bits per heavy atom. The van der Waals surface area contributed by atoms with Gasteiger partial charge < -0.3 is 10.2 Å². The Kier molecular flexibility index (Phi) is 4.56. The van der Waals surface area contributed by atoms with Gasteiger partial charge in [0, 0.05) is 38.4 Å². The van der Waals surface area contributed by atoms with E-state index >= 15 is 0 Å². The van der Waals surface area contributed by atoms with Gasteiger partial charge in [-0.1, -0.05) is 0 Å². The Balaban J connectivity index is 2.40. The molecule has 0 aliphatic heterocycles. The first-order valence-corrected chi connectivity index (χ1v) is 5.19. The molecule has 0 bridgehead atoms. The minimum Gasteiger partial charge on any atom is -0.385 e. The van der Waals surface area contributed by atoms with E-state index in [1.165, 1.54) is 5.69 Å². The number of hydrogen-bond acceptors (Lipinski definition) is 2. The van der Waals surface area contributed by atoms with Crippen LogP contribution in [0.3, 0.4) is 0 Å². The highest BCUT2D eigenvalue weighted by Gasteiger charge is 1.94. The van der Waals surface area contributed by atoms with E-state index in [9.17, 15) is 0 Å². The van der Waals surface area contributed by atoms with Gasteiger partial charge in [-0.3, -0.25) is 0 Å². The van der Waals surface area contributed by atoms with Gasteiger partial charge in [-0.15, -0.1) is 12.3 Å². The lowest BCUT2D eigenvalue weighted by atomic mass is 10.2. The molecule has 1 rings (SSSR count). The molecule has 0 aliphatic carbocycles. The molecule has 0 atom stereocenters. The fourth-order valence-corrected chi connectivity index (χ4v) is 1.30. The van der Waals surface area contributed by atoms with Crippen molar-refractivity contribution in [2.45, 2.75) is 12.8 Å². The molecule has 2 heteroatoms. The number of unbranched alkanes of at least 4 members (excludes halogenated alkanes) is 1. The van der Waals surface area contributed by atoms with E-state index in [0.717, 1.165) is 25.1 Å². The summed E-state index contributed by atoms with van der Waals surface area (Å²) in [5, 5.41) is 3.33. The smallest absolute Gasteiger partial charge is 0.0362 e. The van der Waals surface area contributed by atoms with Gasteiger partial charge in [-0.25, -0.2) is 0 Å². The van der Waals surface area contributed by atoms with Crippen molar-refractivity contribution in [3.8, 4) is 12.3 Å². The first-order chi connectivity index (χ1) is 7.24. The standard InChI is InChI=1S/C13H18N2/c1-4-5-6-11-14-12-7-9-13(10-8-12)15(2)3/h1,7-10,14H,5-6,11H2,2-3H3. The van der Waals surface area contributed by atoms with Crippen molar-refractivity contribution in [3.05, 3.63) is 24.3 Å². The molecule has 1 aromatic carbocycles. The molecule has 0 spiro atoms. The zero-order valence-electron chi connectivity index (χ0n) is 9.46. The molecule has 1 N–H and O–H groups in total. The Labute approximate surface area is 92.3 Å². The minimum atomic E-state index is 0.836. The number of nitrogens with zero attached hydrogens (tertiary/aromatic N) is 1. The van der Waals surface area contributed by atoms with Gasteiger partial charge in [0.05, 0.1) is 0 Å². The zero-order valence-corrected chi connectivity index (χ0v) is 9.46. The molecule has 0 unspecified atom stereocenters. The quantitative estimate of drug-likeness (QED) is 0.583. The average Bonchev–Trinajstić information content (AvgIpc) is 2.25. The van der Waals surface area contributed by atoms with E-state index in [-0.39, 0.29) is 0 Å². The van der Waals surface area contributed by atoms with E-state index in [1.54, 1.807) is 0 Å². The molecule has 0 radical (unpaired) electrons. The van der Waals surface area contributed by atoms with Crippen molar-refractivity contribution in [3.63, 3.8) is 0 Å². The summed E-state index contributed by atoms with van der Waals surface area (Å²) in [6, 6.07) is 8.38. The van der Waals surface area contributed by atoms with Gasteiger partial charge in [0.15, 0.2) is 0 Å². The van der Waals surface area contributed by atoms with Gasteiger partial charge in [0.2, 0.25) is 0 Å². The maximum absolute atomic E-state index is 5.18. The molecule has 2 nitrogen and oxygen atoms in total. The Bertz CT molecular complexity index is 319. The van der Waals surface area contributed by atoms with Crippen LogP contribution in [0.5, 0.6) is 0 Å². The molecule has 0 amide bonds. The van der Waals surface area contributed by atoms with Crippen LogP contribution in [-0.2, 0) is 0 Å². The van der Waals surface area contributed by atoms with Crippen molar-refractivity contribution < 1.29 is 0 Å². The number of hydrogen-bond donors (Lipinski definition) is 1. The average molecular weight is 202 g/mol. The third kappa shape index (κ3) is 3.95. The monoisotopic (exact) mass is 202 g/mol. The van der Waals surface area contributed by atoms with Crippen LogP contribution < -0.4 is 10.2 Å². The predicted octanol–water partition coefficient (Wildman–Crippen LogP) is 2.58. The molecular formula is C13H18N2. The summed E-state index contributed by atoms with van der Waals surface area (Å²) < 4.78 is 0. The third-order valence-electron chi connectivity index (χ3n) is 2.21. The number of nitrogens with one attached hydrogen (secondary N) is 1. The maximum atomic E-state index is 5.18. The molecule has 0 aliphatic rings. The van der Waals surface area contributed by atoms with E-state index in [0.29, 0.717) is 0 Å². The number of rotatable bonds is 5. The molecule has 80 valence electrons. The number of anilines is 2. The van der Waals surface area contributed by atoms with Crippen molar-refractivity contribution in [1.82, 2.24) is 0 Å². The SMILES string of the molecule is C#CCCCNc1ccc(N(C)C)cc1. The van der Waals surface area contributed by atoms with Crippen LogP contribution in [0.15, 0.2) is 24.3 Å². The molecule has 15 heavy (non-hydrogen) atoms. The summed E-state index contributed by atoms with van der Waals surface area (Å²) >= 11 is 0. The maximum Gasteiger partial charge on any atom is 0.0362 e. The lowest BCUT2D eigenvalue weighted by molar-refractivity contribution is 0.907. The van der Waals surface area contributed by atoms with Crippen LogP contribution >= 0.6 is 0 Å². The summed E-state index contributed by atoms with van der Waals surface area (Å²) in [5.74, 6) is 2.63. The molecule has 0 saturated carbocycles. The lowest BCUT2D eigenvalue weighted by Crippen LogP contribution is -2.08. The van der Waals surface area contributed by atoms with Gasteiger partial charge in [-0.2, -0.15) is 0 Å². The van der Waals surface area contributed by atoms with Crippen LogP contribution in [-0.4, -0.2) is 20.6 Å². The molecule has 1 aromatic rings. The first kappa shape index (κ1) is 11.5. The van der Waals surface area contributed by atoms with E-state index in [4.69, 9.17) is 6.42 Å². The molecular weight excluding hydrogens is 184 g/mol. The van der Waals surface area contributed by atoms with Crippen LogP contribution in [0.1, 0.15) is 12.8 Å². The molecule has 0 saturated heterocycles. The molecule has 0 heterocycles. The van der Waals surface area contributed by atoms with Gasteiger partial charge in [0.25, 0.3) is 0 Å². The fourth-order valence-electron chi connectivity index (χ4n) is 1.30. The molecule has 0 aromatic heterocycles. The van der Waals surface area contributed by atoms with E-state index in [1.807, 2.05) is 14.1 Å². The number of benzene rings is 1. The van der Waals surface area contributed by atoms with Crippen LogP contribution in [0.2, 0.25) is 0 Å². The Morgan fingerprint density at radius 2 is 1.93 bits per heavy atom. The van der Waals surface area contributed by atoms with Crippen LogP contribution in [0.25, 0.3) is 0 Å². The highest BCUT2D eigenvalue weighted by atomic mass is 15.1. The van der Waals surface area contributed by atoms with Gasteiger partial charge in [-0.05, 0) is 30.7 Å². The highest BCUT2D eigenvalue weighted by molar-refractivity contribution is 5.54. The lowest BCUT2D eigenvalue weighted by Gasteiger charge is -2.13. The van der Waals surface area contributed by atoms with Crippen LogP contribution in [0, 0.1) is 12.3 Å². The summed E-state index contributed by atoms with van der Waals surface area (Å²) in [6.45, 7) is 0.936. The summed E-state index contributed by atoms with van der Waals surface area (Å²) in [6.07, 6.45) is 7.03. The van der Waals surface area contributed by atoms with Gasteiger partial charge >= 0.3 is 0 Å². The highest BCUT2D eigenvalue weighted by Crippen LogP contribution is 2.15. The van der Waals surface area contributed by atoms with Crippen molar-refractivity contribution >= 4 is 11.4 Å². The van der Waals surface area contributed by atoms with Crippen LogP contribution in [0.4, 0.5) is 11.4 Å². The predicted molar refractivity (Wildman–Crippen MR) is 67.3 cm³/mol. The minimum absolute atomic E-state index is 0.836. The van der Waals surface area contributed by atoms with Crippen molar-refractivity contribution in [2.24, 2.45) is 0 Å². The zero-order chi connectivity index (χ0) is 11.1. The third-order valence-corrected chi connectivity index (χ3v) is 2.21. The number of terminal acetylenes is 1. The van der Waals surface area contributed by atoms with Crippen molar-refractivity contribution in [1.29, 1.82) is 0 Å². The summed E-state index contributed by atoms with van der Waals surface area (Å²) in [4.78, 5) is 2.09. The Hall–Kier alpha value is -1.62. The first-order valence-electron chi connectivity index (χ1n) is 5.19. The summed E-state index contributed by atoms with van der Waals surface area (Å²) in [5.41, 5.74) is 2.36. The fraction of sp³-hybridized carbons (Fsp3) is 0.385. The normalized spacial score (nSPS) is 9.40. The topological polar surface area (TPSA) is 15.3 Å². The Morgan fingerprint density at radius 1 is 1.27 bits per heavy atom. The second-order valence-corrected chi connectivity index (χ2v) is 3.68. The molecule has 0 fully saturated rings. The second kappa shape index (κ2) is 5.98. The van der Waals surface area contributed by atoms with E-state index < -0.39 is 0 Å². The largest absolute Gasteiger partial charge is 0.385 e. The van der Waals surface area contributed by atoms with E-state index in [2.05, 4.69) is 40.4 Å².